The van der Waals surface area contributed by atoms with Crippen molar-refractivity contribution in [2.24, 2.45) is 0 Å². The van der Waals surface area contributed by atoms with Crippen LogP contribution in [0.5, 0.6) is 11.5 Å². The molecular formula is C18H17ClF3NO3S. The molecule has 0 heterocycles. The number of amides is 1. The Balaban J connectivity index is 2.10. The molecular weight excluding hydrogens is 403 g/mol. The van der Waals surface area contributed by atoms with Crippen LogP contribution >= 0.6 is 23.4 Å². The van der Waals surface area contributed by atoms with Crippen LogP contribution in [0.4, 0.5) is 18.9 Å². The quantitative estimate of drug-likeness (QED) is 0.628. The summed E-state index contributed by atoms with van der Waals surface area (Å²) in [5, 5.41) is 1.49. The number of ether oxygens (including phenoxy) is 2. The molecule has 2 aromatic carbocycles. The van der Waals surface area contributed by atoms with Crippen molar-refractivity contribution < 1.29 is 27.4 Å². The van der Waals surface area contributed by atoms with Crippen molar-refractivity contribution in [2.45, 2.75) is 23.2 Å². The van der Waals surface area contributed by atoms with Crippen molar-refractivity contribution in [1.29, 1.82) is 0 Å². The first-order valence-corrected chi connectivity index (χ1v) is 8.97. The van der Waals surface area contributed by atoms with E-state index in [0.717, 1.165) is 17.0 Å². The van der Waals surface area contributed by atoms with E-state index in [1.54, 1.807) is 25.1 Å². The van der Waals surface area contributed by atoms with E-state index in [0.29, 0.717) is 11.5 Å². The number of carbonyl (C=O) groups is 1. The van der Waals surface area contributed by atoms with Gasteiger partial charge in [-0.05, 0) is 43.3 Å². The van der Waals surface area contributed by atoms with E-state index in [1.807, 2.05) is 0 Å². The molecule has 2 aromatic rings. The van der Waals surface area contributed by atoms with Crippen molar-refractivity contribution >= 4 is 35.0 Å². The average Bonchev–Trinajstić information content (AvgIpc) is 2.62. The number of nitrogens with one attached hydrogen (secondary N) is 1. The predicted octanol–water partition coefficient (Wildman–Crippen LogP) is 5.50. The summed E-state index contributed by atoms with van der Waals surface area (Å²) in [6.45, 7) is 1.65. The minimum Gasteiger partial charge on any atom is -0.493 e. The van der Waals surface area contributed by atoms with Crippen LogP contribution in [0.3, 0.4) is 0 Å². The summed E-state index contributed by atoms with van der Waals surface area (Å²) in [7, 11) is 3.02. The summed E-state index contributed by atoms with van der Waals surface area (Å²) in [6.07, 6.45) is -4.60. The summed E-state index contributed by atoms with van der Waals surface area (Å²) >= 11 is 6.82. The van der Waals surface area contributed by atoms with Gasteiger partial charge in [-0.2, -0.15) is 13.2 Å². The van der Waals surface area contributed by atoms with Gasteiger partial charge in [-0.3, -0.25) is 4.79 Å². The Bertz CT molecular complexity index is 830. The second-order valence-electron chi connectivity index (χ2n) is 5.46. The molecule has 1 N–H and O–H groups in total. The summed E-state index contributed by atoms with van der Waals surface area (Å²) in [5.74, 6) is 0.632. The maximum Gasteiger partial charge on any atom is 0.417 e. The minimum absolute atomic E-state index is 0.0245. The van der Waals surface area contributed by atoms with Gasteiger partial charge in [0.05, 0.1) is 30.1 Å². The van der Waals surface area contributed by atoms with Gasteiger partial charge in [-0.15, -0.1) is 11.8 Å². The zero-order chi connectivity index (χ0) is 20.2. The number of alkyl halides is 3. The molecule has 9 heteroatoms. The molecule has 0 aliphatic heterocycles. The van der Waals surface area contributed by atoms with Crippen LogP contribution in [0.2, 0.25) is 5.02 Å². The third kappa shape index (κ3) is 5.46. The Morgan fingerprint density at radius 2 is 1.78 bits per heavy atom. The largest absolute Gasteiger partial charge is 0.493 e. The van der Waals surface area contributed by atoms with Gasteiger partial charge in [0.1, 0.15) is 0 Å². The van der Waals surface area contributed by atoms with Gasteiger partial charge in [-0.1, -0.05) is 11.6 Å². The van der Waals surface area contributed by atoms with E-state index < -0.39 is 27.9 Å². The van der Waals surface area contributed by atoms with E-state index in [2.05, 4.69) is 5.32 Å². The molecule has 0 saturated heterocycles. The Morgan fingerprint density at radius 1 is 1.11 bits per heavy atom. The van der Waals surface area contributed by atoms with Crippen LogP contribution in [-0.4, -0.2) is 25.4 Å². The average molecular weight is 420 g/mol. The fraction of sp³-hybridized carbons (Fsp3) is 0.278. The molecule has 0 radical (unpaired) electrons. The molecule has 1 atom stereocenters. The SMILES string of the molecule is COc1ccc(SC(C)C(=O)Nc2ccc(Cl)c(C(F)(F)F)c2)cc1OC. The van der Waals surface area contributed by atoms with Crippen LogP contribution in [0.25, 0.3) is 0 Å². The van der Waals surface area contributed by atoms with Gasteiger partial charge in [0.2, 0.25) is 5.91 Å². The molecule has 0 bridgehead atoms. The normalized spacial score (nSPS) is 12.4. The zero-order valence-corrected chi connectivity index (χ0v) is 16.3. The van der Waals surface area contributed by atoms with E-state index in [9.17, 15) is 18.0 Å². The first-order valence-electron chi connectivity index (χ1n) is 7.72. The standard InChI is InChI=1S/C18H17ClF3NO3S/c1-10(27-12-5-7-15(25-2)16(9-12)26-3)17(24)23-11-4-6-14(19)13(8-11)18(20,21)22/h4-10H,1-3H3,(H,23,24). The summed E-state index contributed by atoms with van der Waals surface area (Å²) in [6, 6.07) is 8.43. The first-order chi connectivity index (χ1) is 12.7. The highest BCUT2D eigenvalue weighted by molar-refractivity contribution is 8.00. The third-order valence-electron chi connectivity index (χ3n) is 3.58. The first kappa shape index (κ1) is 21.2. The second-order valence-corrected chi connectivity index (χ2v) is 7.28. The van der Waals surface area contributed by atoms with Gasteiger partial charge in [-0.25, -0.2) is 0 Å². The van der Waals surface area contributed by atoms with Gasteiger partial charge in [0.25, 0.3) is 0 Å². The molecule has 0 aliphatic carbocycles. The number of thioether (sulfide) groups is 1. The maximum atomic E-state index is 12.9. The highest BCUT2D eigenvalue weighted by atomic mass is 35.5. The minimum atomic E-state index is -4.60. The number of anilines is 1. The lowest BCUT2D eigenvalue weighted by Crippen LogP contribution is -2.22. The smallest absolute Gasteiger partial charge is 0.417 e. The number of carbonyl (C=O) groups excluding carboxylic acids is 1. The molecule has 27 heavy (non-hydrogen) atoms. The van der Waals surface area contributed by atoms with E-state index in [-0.39, 0.29) is 5.69 Å². The number of benzene rings is 2. The lowest BCUT2D eigenvalue weighted by molar-refractivity contribution is -0.137. The predicted molar refractivity (Wildman–Crippen MR) is 99.9 cm³/mol. The molecule has 0 aliphatic rings. The third-order valence-corrected chi connectivity index (χ3v) is 5.00. The van der Waals surface area contributed by atoms with Gasteiger partial charge in [0.15, 0.2) is 11.5 Å². The Morgan fingerprint density at radius 3 is 2.37 bits per heavy atom. The topological polar surface area (TPSA) is 47.6 Å². The fourth-order valence-electron chi connectivity index (χ4n) is 2.21. The summed E-state index contributed by atoms with van der Waals surface area (Å²) < 4.78 is 49.1. The Labute approximate surface area is 164 Å². The van der Waals surface area contributed by atoms with E-state index in [1.165, 1.54) is 32.0 Å². The van der Waals surface area contributed by atoms with Gasteiger partial charge < -0.3 is 14.8 Å². The zero-order valence-electron chi connectivity index (χ0n) is 14.7. The number of hydrogen-bond donors (Lipinski definition) is 1. The fourth-order valence-corrected chi connectivity index (χ4v) is 3.33. The molecule has 0 spiro atoms. The highest BCUT2D eigenvalue weighted by Gasteiger charge is 2.33. The molecule has 0 fully saturated rings. The van der Waals surface area contributed by atoms with Gasteiger partial charge >= 0.3 is 6.18 Å². The molecule has 2 rings (SSSR count). The van der Waals surface area contributed by atoms with Crippen LogP contribution in [0, 0.1) is 0 Å². The molecule has 4 nitrogen and oxygen atoms in total. The molecule has 0 saturated carbocycles. The van der Waals surface area contributed by atoms with Crippen LogP contribution in [0.1, 0.15) is 12.5 Å². The van der Waals surface area contributed by atoms with Crippen LogP contribution in [-0.2, 0) is 11.0 Å². The van der Waals surface area contributed by atoms with Crippen LogP contribution < -0.4 is 14.8 Å². The van der Waals surface area contributed by atoms with Crippen molar-refractivity contribution in [3.8, 4) is 11.5 Å². The van der Waals surface area contributed by atoms with Crippen molar-refractivity contribution in [3.63, 3.8) is 0 Å². The molecule has 146 valence electrons. The summed E-state index contributed by atoms with van der Waals surface area (Å²) in [4.78, 5) is 13.1. The number of methoxy groups -OCH3 is 2. The number of halogens is 4. The molecule has 1 amide bonds. The maximum absolute atomic E-state index is 12.9. The Kier molecular flexibility index (Phi) is 6.89. The number of rotatable bonds is 6. The number of hydrogen-bond acceptors (Lipinski definition) is 4. The molecule has 1 unspecified atom stereocenters. The van der Waals surface area contributed by atoms with E-state index >= 15 is 0 Å². The van der Waals surface area contributed by atoms with Crippen molar-refractivity contribution in [3.05, 3.63) is 47.0 Å². The monoisotopic (exact) mass is 419 g/mol. The van der Waals surface area contributed by atoms with E-state index in [4.69, 9.17) is 21.1 Å². The van der Waals surface area contributed by atoms with Crippen LogP contribution in [0.15, 0.2) is 41.3 Å². The van der Waals surface area contributed by atoms with Crippen molar-refractivity contribution in [1.82, 2.24) is 0 Å². The molecule has 0 aromatic heterocycles. The second kappa shape index (κ2) is 8.75. The van der Waals surface area contributed by atoms with Gasteiger partial charge in [0, 0.05) is 10.6 Å². The lowest BCUT2D eigenvalue weighted by atomic mass is 10.2. The summed E-state index contributed by atoms with van der Waals surface area (Å²) in [5.41, 5.74) is -0.973. The Hall–Kier alpha value is -2.06. The van der Waals surface area contributed by atoms with Crippen molar-refractivity contribution in [2.75, 3.05) is 19.5 Å². The lowest BCUT2D eigenvalue weighted by Gasteiger charge is -2.15. The highest BCUT2D eigenvalue weighted by Crippen LogP contribution is 2.37.